The molecule has 0 spiro atoms. The first-order chi connectivity index (χ1) is 20.5. The highest BCUT2D eigenvalue weighted by Gasteiger charge is 2.27. The Morgan fingerprint density at radius 3 is 2.67 bits per heavy atom. The molecule has 7 aromatic rings. The summed E-state index contributed by atoms with van der Waals surface area (Å²) >= 11 is 0. The fraction of sp³-hybridized carbons (Fsp3) is 0.133. The van der Waals surface area contributed by atoms with Gasteiger partial charge in [0, 0.05) is 17.6 Å². The number of fused-ring (bicyclic) bond motifs is 3. The first-order valence-electron chi connectivity index (χ1n) is 13.5. The van der Waals surface area contributed by atoms with Crippen LogP contribution in [-0.4, -0.2) is 49.0 Å². The zero-order chi connectivity index (χ0) is 28.4. The smallest absolute Gasteiger partial charge is 0.261 e. The maximum Gasteiger partial charge on any atom is 0.261 e. The van der Waals surface area contributed by atoms with Crippen molar-refractivity contribution in [2.45, 2.75) is 25.8 Å². The molecule has 0 aliphatic heterocycles. The number of aromatic nitrogens is 10. The van der Waals surface area contributed by atoms with Gasteiger partial charge in [-0.1, -0.05) is 6.07 Å². The molecule has 1 aliphatic carbocycles. The summed E-state index contributed by atoms with van der Waals surface area (Å²) < 4.78 is 3.73. The van der Waals surface area contributed by atoms with Crippen LogP contribution < -0.4 is 11.3 Å². The van der Waals surface area contributed by atoms with Gasteiger partial charge < -0.3 is 5.73 Å². The highest BCUT2D eigenvalue weighted by Crippen LogP contribution is 2.37. The Labute approximate surface area is 238 Å². The third-order valence-electron chi connectivity index (χ3n) is 7.77. The molecular weight excluding hydrogens is 530 g/mol. The molecule has 6 heterocycles. The van der Waals surface area contributed by atoms with Crippen LogP contribution in [0.15, 0.2) is 84.4 Å². The van der Waals surface area contributed by atoms with Crippen molar-refractivity contribution in [3.63, 3.8) is 0 Å². The molecular formula is C30H23N11O. The summed E-state index contributed by atoms with van der Waals surface area (Å²) in [5, 5.41) is 9.05. The maximum absolute atomic E-state index is 13.5. The van der Waals surface area contributed by atoms with Gasteiger partial charge >= 0.3 is 0 Å². The predicted octanol–water partition coefficient (Wildman–Crippen LogP) is 3.59. The van der Waals surface area contributed by atoms with Gasteiger partial charge in [-0.25, -0.2) is 19.9 Å². The number of pyridine rings is 3. The van der Waals surface area contributed by atoms with Gasteiger partial charge in [-0.3, -0.25) is 18.9 Å². The molecule has 0 saturated carbocycles. The Balaban J connectivity index is 1.29. The van der Waals surface area contributed by atoms with Crippen molar-refractivity contribution in [2.75, 3.05) is 5.73 Å². The number of nitrogens with zero attached hydrogens (tertiary/aromatic N) is 10. The number of nitrogens with two attached hydrogens (primary N) is 1. The van der Waals surface area contributed by atoms with Crippen molar-refractivity contribution in [1.82, 2.24) is 49.0 Å². The summed E-state index contributed by atoms with van der Waals surface area (Å²) in [6, 6.07) is 15.4. The lowest BCUT2D eigenvalue weighted by Crippen LogP contribution is -2.25. The van der Waals surface area contributed by atoms with Crippen LogP contribution in [0.25, 0.3) is 45.0 Å². The van der Waals surface area contributed by atoms with Gasteiger partial charge in [-0.15, -0.1) is 4.80 Å². The molecule has 0 unspecified atom stereocenters. The second-order valence-corrected chi connectivity index (χ2v) is 10.3. The van der Waals surface area contributed by atoms with Crippen molar-refractivity contribution in [3.8, 4) is 22.9 Å². The minimum Gasteiger partial charge on any atom is -0.383 e. The Morgan fingerprint density at radius 2 is 1.81 bits per heavy atom. The van der Waals surface area contributed by atoms with Gasteiger partial charge in [0.1, 0.15) is 11.3 Å². The molecule has 0 amide bonds. The molecule has 8 rings (SSSR count). The molecule has 0 bridgehead atoms. The monoisotopic (exact) mass is 553 g/mol. The fourth-order valence-electron chi connectivity index (χ4n) is 5.80. The van der Waals surface area contributed by atoms with Gasteiger partial charge in [0.05, 0.1) is 47.4 Å². The van der Waals surface area contributed by atoms with Gasteiger partial charge in [0.25, 0.3) is 5.56 Å². The molecule has 1 aromatic carbocycles. The topological polar surface area (TPSA) is 148 Å². The van der Waals surface area contributed by atoms with E-state index < -0.39 is 0 Å². The molecule has 1 aliphatic rings. The quantitative estimate of drug-likeness (QED) is 0.345. The molecule has 204 valence electrons. The summed E-state index contributed by atoms with van der Waals surface area (Å²) in [5.74, 6) is 1.56. The van der Waals surface area contributed by atoms with E-state index in [-0.39, 0.29) is 11.6 Å². The number of imidazole rings is 1. The van der Waals surface area contributed by atoms with E-state index in [1.807, 2.05) is 41.8 Å². The van der Waals surface area contributed by atoms with E-state index in [2.05, 4.69) is 37.3 Å². The number of aryl methyl sites for hydroxylation is 2. The Hall–Kier alpha value is -5.78. The normalized spacial score (nSPS) is 14.5. The number of rotatable bonds is 4. The van der Waals surface area contributed by atoms with Gasteiger partial charge in [-0.2, -0.15) is 10.2 Å². The van der Waals surface area contributed by atoms with Crippen LogP contribution in [-0.2, 0) is 6.42 Å². The first-order valence-corrected chi connectivity index (χ1v) is 13.5. The fourth-order valence-corrected chi connectivity index (χ4v) is 5.80. The van der Waals surface area contributed by atoms with Crippen LogP contribution in [0.3, 0.4) is 0 Å². The Morgan fingerprint density at radius 1 is 0.929 bits per heavy atom. The maximum atomic E-state index is 13.5. The lowest BCUT2D eigenvalue weighted by atomic mass is 10.1. The van der Waals surface area contributed by atoms with Crippen molar-refractivity contribution in [1.29, 1.82) is 0 Å². The van der Waals surface area contributed by atoms with E-state index >= 15 is 0 Å². The molecule has 0 radical (unpaired) electrons. The molecule has 0 saturated heterocycles. The number of benzene rings is 1. The molecule has 42 heavy (non-hydrogen) atoms. The van der Waals surface area contributed by atoms with Gasteiger partial charge in [-0.05, 0) is 73.4 Å². The number of hydrogen-bond donors (Lipinski definition) is 1. The predicted molar refractivity (Wildman–Crippen MR) is 156 cm³/mol. The minimum absolute atomic E-state index is 0.0636. The second-order valence-electron chi connectivity index (χ2n) is 10.3. The molecule has 12 heteroatoms. The highest BCUT2D eigenvalue weighted by atomic mass is 16.1. The van der Waals surface area contributed by atoms with E-state index in [9.17, 15) is 4.79 Å². The zero-order valence-corrected chi connectivity index (χ0v) is 22.5. The summed E-state index contributed by atoms with van der Waals surface area (Å²) in [5.41, 5.74) is 12.8. The van der Waals surface area contributed by atoms with E-state index in [1.54, 1.807) is 41.7 Å². The number of nitrogen functional groups attached to an aromatic ring is 1. The van der Waals surface area contributed by atoms with Gasteiger partial charge in [0.15, 0.2) is 17.3 Å². The molecule has 1 atom stereocenters. The van der Waals surface area contributed by atoms with Crippen LogP contribution in [0.4, 0.5) is 5.82 Å². The summed E-state index contributed by atoms with van der Waals surface area (Å²) in [6.07, 6.45) is 9.75. The van der Waals surface area contributed by atoms with Gasteiger partial charge in [0.2, 0.25) is 0 Å². The first kappa shape index (κ1) is 24.1. The third kappa shape index (κ3) is 3.69. The van der Waals surface area contributed by atoms with Crippen molar-refractivity contribution < 1.29 is 0 Å². The SMILES string of the molecule is Cc1cc2c(=O)n([C@H]3CCc4cc(-n5c(-c6cccnc6N)nc6ccc(-n7nccn7)nc65)ccc43)cnc2cn1. The average molecular weight is 554 g/mol. The number of hydrogen-bond acceptors (Lipinski definition) is 9. The lowest BCUT2D eigenvalue weighted by Gasteiger charge is -2.17. The zero-order valence-electron chi connectivity index (χ0n) is 22.5. The van der Waals surface area contributed by atoms with Crippen molar-refractivity contribution in [2.24, 2.45) is 0 Å². The van der Waals surface area contributed by atoms with E-state index in [0.717, 1.165) is 35.3 Å². The standard InChI is InChI=1S/C30H23N11O/c1-17-13-22-24(15-33-17)34-16-39(30(22)42)25-8-4-18-14-19(5-6-20(18)25)40-28(21-3-2-10-32-27(21)31)37-23-7-9-26(38-29(23)40)41-35-11-12-36-41/h2-3,5-7,9-16,25H,4,8H2,1H3,(H2,31,32)/t25-/m0/s1. The average Bonchev–Trinajstić information content (AvgIpc) is 3.76. The largest absolute Gasteiger partial charge is 0.383 e. The van der Waals surface area contributed by atoms with Crippen LogP contribution >= 0.6 is 0 Å². The molecule has 2 N–H and O–H groups in total. The van der Waals surface area contributed by atoms with E-state index in [0.29, 0.717) is 45.1 Å². The van der Waals surface area contributed by atoms with Crippen LogP contribution in [0, 0.1) is 6.92 Å². The van der Waals surface area contributed by atoms with Crippen LogP contribution in [0.5, 0.6) is 0 Å². The van der Waals surface area contributed by atoms with Crippen molar-refractivity contribution in [3.05, 3.63) is 107 Å². The minimum atomic E-state index is -0.115. The van der Waals surface area contributed by atoms with Crippen LogP contribution in [0.1, 0.15) is 29.3 Å². The van der Waals surface area contributed by atoms with Crippen molar-refractivity contribution >= 4 is 27.9 Å². The molecule has 0 fully saturated rings. The molecule has 12 nitrogen and oxygen atoms in total. The Bertz CT molecular complexity index is 2220. The summed E-state index contributed by atoms with van der Waals surface area (Å²) in [4.78, 5) is 37.9. The molecule has 6 aromatic heterocycles. The highest BCUT2D eigenvalue weighted by molar-refractivity contribution is 5.83. The summed E-state index contributed by atoms with van der Waals surface area (Å²) in [6.45, 7) is 1.87. The van der Waals surface area contributed by atoms with E-state index in [4.69, 9.17) is 15.7 Å². The van der Waals surface area contributed by atoms with E-state index in [1.165, 1.54) is 4.80 Å². The lowest BCUT2D eigenvalue weighted by molar-refractivity contribution is 0.557. The third-order valence-corrected chi connectivity index (χ3v) is 7.77. The number of anilines is 1. The second kappa shape index (κ2) is 9.13. The van der Waals surface area contributed by atoms with Crippen LogP contribution in [0.2, 0.25) is 0 Å². The summed E-state index contributed by atoms with van der Waals surface area (Å²) in [7, 11) is 0. The Kier molecular flexibility index (Phi) is 5.23.